The van der Waals surface area contributed by atoms with Crippen molar-refractivity contribution in [3.63, 3.8) is 0 Å². The Labute approximate surface area is 87.6 Å². The van der Waals surface area contributed by atoms with Crippen molar-refractivity contribution in [2.24, 2.45) is 11.8 Å². The molecule has 2 radical (unpaired) electrons. The SMILES string of the molecule is [B]PSOCC1OC(C)C(C)C1C. The summed E-state index contributed by atoms with van der Waals surface area (Å²) in [5, 5.41) is 0. The van der Waals surface area contributed by atoms with Gasteiger partial charge in [0.05, 0.1) is 18.8 Å². The molecule has 1 heterocycles. The molecular formula is C8H16BO2PS. The van der Waals surface area contributed by atoms with Crippen molar-refractivity contribution in [1.29, 1.82) is 0 Å². The molecular weight excluding hydrogens is 202 g/mol. The molecule has 0 amide bonds. The zero-order chi connectivity index (χ0) is 9.84. The van der Waals surface area contributed by atoms with Gasteiger partial charge in [0.1, 0.15) is 7.57 Å². The third-order valence-electron chi connectivity index (χ3n) is 2.89. The van der Waals surface area contributed by atoms with Crippen LogP contribution in [-0.2, 0) is 8.92 Å². The highest BCUT2D eigenvalue weighted by Gasteiger charge is 2.36. The summed E-state index contributed by atoms with van der Waals surface area (Å²) in [6.07, 6.45) is 0.600. The summed E-state index contributed by atoms with van der Waals surface area (Å²) in [6, 6.07) is 0. The molecule has 5 heteroatoms. The van der Waals surface area contributed by atoms with Gasteiger partial charge in [-0.1, -0.05) is 21.5 Å². The Morgan fingerprint density at radius 1 is 1.38 bits per heavy atom. The van der Waals surface area contributed by atoms with E-state index in [4.69, 9.17) is 16.5 Å². The lowest BCUT2D eigenvalue weighted by molar-refractivity contribution is 0.0178. The molecule has 0 aromatic heterocycles. The molecule has 1 saturated heterocycles. The predicted octanol–water partition coefficient (Wildman–Crippen LogP) is 2.39. The topological polar surface area (TPSA) is 18.5 Å². The third-order valence-corrected chi connectivity index (χ3v) is 3.88. The van der Waals surface area contributed by atoms with Crippen molar-refractivity contribution < 1.29 is 8.92 Å². The first-order valence-corrected chi connectivity index (χ1v) is 7.10. The largest absolute Gasteiger partial charge is 0.372 e. The van der Waals surface area contributed by atoms with E-state index in [1.54, 1.807) is 0 Å². The second-order valence-electron chi connectivity index (χ2n) is 3.58. The van der Waals surface area contributed by atoms with Crippen LogP contribution in [0.25, 0.3) is 0 Å². The molecule has 0 aromatic carbocycles. The van der Waals surface area contributed by atoms with Gasteiger partial charge in [-0.25, -0.2) is 0 Å². The lowest BCUT2D eigenvalue weighted by atomic mass is 9.91. The lowest BCUT2D eigenvalue weighted by Crippen LogP contribution is -2.20. The van der Waals surface area contributed by atoms with E-state index in [9.17, 15) is 0 Å². The van der Waals surface area contributed by atoms with Crippen molar-refractivity contribution in [3.05, 3.63) is 0 Å². The molecule has 0 bridgehead atoms. The first-order valence-electron chi connectivity index (χ1n) is 4.56. The standard InChI is InChI=1S/C8H16BO2PS/c1-5-6(2)8(11-7(5)3)4-10-13-12-9/h5-8,12H,4H2,1-3H3. The van der Waals surface area contributed by atoms with Crippen LogP contribution in [0.2, 0.25) is 0 Å². The summed E-state index contributed by atoms with van der Waals surface area (Å²) in [7, 11) is 5.63. The molecule has 1 rings (SSSR count). The van der Waals surface area contributed by atoms with Crippen molar-refractivity contribution in [3.8, 4) is 0 Å². The molecule has 0 saturated carbocycles. The second kappa shape index (κ2) is 5.60. The average molecular weight is 218 g/mol. The molecule has 0 aromatic rings. The van der Waals surface area contributed by atoms with Gasteiger partial charge in [0.25, 0.3) is 0 Å². The fourth-order valence-electron chi connectivity index (χ4n) is 1.62. The lowest BCUT2D eigenvalue weighted by Gasteiger charge is -2.15. The van der Waals surface area contributed by atoms with Gasteiger partial charge in [-0.05, 0) is 18.8 Å². The molecule has 1 fully saturated rings. The molecule has 2 nitrogen and oxygen atoms in total. The van der Waals surface area contributed by atoms with Crippen molar-refractivity contribution >= 4 is 26.9 Å². The maximum absolute atomic E-state index is 5.76. The van der Waals surface area contributed by atoms with Gasteiger partial charge >= 0.3 is 0 Å². The number of hydrogen-bond acceptors (Lipinski definition) is 3. The Bertz CT molecular complexity index is 161. The van der Waals surface area contributed by atoms with Crippen LogP contribution in [0.4, 0.5) is 0 Å². The highest BCUT2D eigenvalue weighted by molar-refractivity contribution is 8.53. The van der Waals surface area contributed by atoms with E-state index in [1.165, 1.54) is 11.7 Å². The molecule has 13 heavy (non-hydrogen) atoms. The average Bonchev–Trinajstić information content (AvgIpc) is 2.34. The Balaban J connectivity index is 2.27. The first kappa shape index (κ1) is 11.8. The Morgan fingerprint density at radius 2 is 2.08 bits per heavy atom. The molecule has 1 aliphatic heterocycles. The predicted molar refractivity (Wildman–Crippen MR) is 60.3 cm³/mol. The Hall–Kier alpha value is 0.765. The van der Waals surface area contributed by atoms with E-state index in [-0.39, 0.29) is 6.10 Å². The van der Waals surface area contributed by atoms with Crippen LogP contribution in [-0.4, -0.2) is 26.4 Å². The highest BCUT2D eigenvalue weighted by Crippen LogP contribution is 2.33. The normalized spacial score (nSPS) is 40.5. The van der Waals surface area contributed by atoms with Crippen LogP contribution in [0.5, 0.6) is 0 Å². The first-order chi connectivity index (χ1) is 6.16. The van der Waals surface area contributed by atoms with E-state index in [2.05, 4.69) is 20.8 Å². The van der Waals surface area contributed by atoms with Crippen LogP contribution in [0.3, 0.4) is 0 Å². The number of rotatable bonds is 4. The smallest absolute Gasteiger partial charge is 0.122 e. The third kappa shape index (κ3) is 3.12. The highest BCUT2D eigenvalue weighted by atomic mass is 32.7. The summed E-state index contributed by atoms with van der Waals surface area (Å²) >= 11 is 1.33. The minimum Gasteiger partial charge on any atom is -0.372 e. The van der Waals surface area contributed by atoms with Crippen LogP contribution in [0, 0.1) is 11.8 Å². The molecule has 1 aliphatic rings. The summed E-state index contributed by atoms with van der Waals surface area (Å²) < 4.78 is 11.1. The molecule has 74 valence electrons. The molecule has 0 aliphatic carbocycles. The van der Waals surface area contributed by atoms with Gasteiger partial charge in [0.15, 0.2) is 0 Å². The maximum Gasteiger partial charge on any atom is 0.122 e. The minimum absolute atomic E-state index is 0.244. The van der Waals surface area contributed by atoms with Gasteiger partial charge in [0, 0.05) is 11.7 Å². The van der Waals surface area contributed by atoms with Gasteiger partial charge in [-0.2, -0.15) is 0 Å². The van der Waals surface area contributed by atoms with Gasteiger partial charge in [-0.15, -0.1) is 0 Å². The van der Waals surface area contributed by atoms with Crippen molar-refractivity contribution in [2.75, 3.05) is 6.61 Å². The zero-order valence-electron chi connectivity index (χ0n) is 8.32. The van der Waals surface area contributed by atoms with E-state index < -0.39 is 0 Å². The van der Waals surface area contributed by atoms with Gasteiger partial charge in [0.2, 0.25) is 0 Å². The summed E-state index contributed by atoms with van der Waals surface area (Å²) in [4.78, 5) is 0. The molecule has 5 unspecified atom stereocenters. The van der Waals surface area contributed by atoms with Crippen LogP contribution >= 0.6 is 19.3 Å². The summed E-state index contributed by atoms with van der Waals surface area (Å²) in [5.41, 5.74) is 0. The van der Waals surface area contributed by atoms with Crippen molar-refractivity contribution in [2.45, 2.75) is 33.0 Å². The Morgan fingerprint density at radius 3 is 2.54 bits per heavy atom. The fraction of sp³-hybridized carbons (Fsp3) is 1.00. The maximum atomic E-state index is 5.76. The van der Waals surface area contributed by atoms with E-state index in [1.807, 2.05) is 0 Å². The Kier molecular flexibility index (Phi) is 5.10. The molecule has 0 N–H and O–H groups in total. The summed E-state index contributed by atoms with van der Waals surface area (Å²) in [5.74, 6) is 1.20. The van der Waals surface area contributed by atoms with Crippen LogP contribution in [0.15, 0.2) is 0 Å². The number of hydrogen-bond donors (Lipinski definition) is 0. The quantitative estimate of drug-likeness (QED) is 0.312. The van der Waals surface area contributed by atoms with Crippen molar-refractivity contribution in [1.82, 2.24) is 0 Å². The summed E-state index contributed by atoms with van der Waals surface area (Å²) in [6.45, 7) is 7.23. The zero-order valence-corrected chi connectivity index (χ0v) is 10.1. The minimum atomic E-state index is 0.244. The monoisotopic (exact) mass is 218 g/mol. The van der Waals surface area contributed by atoms with Crippen LogP contribution < -0.4 is 0 Å². The number of ether oxygens (including phenoxy) is 1. The van der Waals surface area contributed by atoms with E-state index >= 15 is 0 Å². The van der Waals surface area contributed by atoms with Gasteiger partial charge in [-0.3, -0.25) is 0 Å². The molecule has 0 spiro atoms. The molecule has 5 atom stereocenters. The second-order valence-corrected chi connectivity index (χ2v) is 5.43. The van der Waals surface area contributed by atoms with Crippen LogP contribution in [0.1, 0.15) is 20.8 Å². The van der Waals surface area contributed by atoms with Gasteiger partial charge < -0.3 is 8.92 Å². The van der Waals surface area contributed by atoms with E-state index in [0.29, 0.717) is 32.2 Å². The van der Waals surface area contributed by atoms with E-state index in [0.717, 1.165) is 0 Å². The fourth-order valence-corrected chi connectivity index (χ4v) is 2.29.